The van der Waals surface area contributed by atoms with Crippen molar-refractivity contribution >= 4 is 35.6 Å². The molecule has 0 radical (unpaired) electrons. The van der Waals surface area contributed by atoms with Crippen molar-refractivity contribution < 1.29 is 23.7 Å². The van der Waals surface area contributed by atoms with Crippen LogP contribution in [0.25, 0.3) is 0 Å². The Balaban J connectivity index is 0.00000385. The van der Waals surface area contributed by atoms with Gasteiger partial charge in [-0.2, -0.15) is 0 Å². The molecule has 0 spiro atoms. The first kappa shape index (κ1) is 28.0. The van der Waals surface area contributed by atoms with Crippen LogP contribution in [0, 0.1) is 5.82 Å². The monoisotopic (exact) mass is 521 g/mol. The third-order valence-electron chi connectivity index (χ3n) is 5.43. The second kappa shape index (κ2) is 11.9. The van der Waals surface area contributed by atoms with Gasteiger partial charge in [-0.05, 0) is 35.7 Å². The van der Waals surface area contributed by atoms with E-state index >= 15 is 0 Å². The molecule has 0 aromatic heterocycles. The van der Waals surface area contributed by atoms with Gasteiger partial charge in [0.2, 0.25) is 0 Å². The van der Waals surface area contributed by atoms with Crippen LogP contribution in [0.3, 0.4) is 0 Å². The number of morpholine rings is 1. The summed E-state index contributed by atoms with van der Waals surface area (Å²) >= 11 is 12.1. The van der Waals surface area contributed by atoms with Gasteiger partial charge in [0.15, 0.2) is 0 Å². The summed E-state index contributed by atoms with van der Waals surface area (Å²) in [4.78, 5) is 2.06. The number of ether oxygens (including phenoxy) is 3. The summed E-state index contributed by atoms with van der Waals surface area (Å²) in [7, 11) is 1.63. The molecule has 2 atom stereocenters. The van der Waals surface area contributed by atoms with Crippen LogP contribution < -0.4 is 9.47 Å². The second-order valence-electron chi connectivity index (χ2n) is 8.98. The van der Waals surface area contributed by atoms with Gasteiger partial charge in [-0.15, -0.1) is 12.4 Å². The summed E-state index contributed by atoms with van der Waals surface area (Å²) in [5.41, 5.74) is 1.42. The number of aliphatic hydroxyl groups excluding tert-OH is 1. The van der Waals surface area contributed by atoms with Gasteiger partial charge in [-0.3, -0.25) is 4.90 Å². The first-order valence-electron chi connectivity index (χ1n) is 10.6. The molecule has 1 aliphatic heterocycles. The van der Waals surface area contributed by atoms with Crippen molar-refractivity contribution in [1.82, 2.24) is 4.90 Å². The molecule has 1 fully saturated rings. The topological polar surface area (TPSA) is 51.2 Å². The molecule has 1 aliphatic rings. The van der Waals surface area contributed by atoms with E-state index in [9.17, 15) is 9.50 Å². The van der Waals surface area contributed by atoms with E-state index in [1.807, 2.05) is 18.2 Å². The molecule has 33 heavy (non-hydrogen) atoms. The van der Waals surface area contributed by atoms with Crippen molar-refractivity contribution in [2.75, 3.05) is 40.0 Å². The first-order chi connectivity index (χ1) is 15.1. The molecule has 2 aromatic rings. The summed E-state index contributed by atoms with van der Waals surface area (Å²) < 4.78 is 31.0. The zero-order valence-electron chi connectivity index (χ0n) is 19.2. The summed E-state index contributed by atoms with van der Waals surface area (Å²) in [6.45, 7) is 8.43. The highest BCUT2D eigenvalue weighted by Crippen LogP contribution is 2.35. The molecule has 0 saturated carbocycles. The number of hydrogen-bond donors (Lipinski definition) is 1. The van der Waals surface area contributed by atoms with Crippen molar-refractivity contribution in [3.8, 4) is 11.5 Å². The Labute approximate surface area is 211 Å². The highest BCUT2D eigenvalue weighted by molar-refractivity contribution is 6.35. The second-order valence-corrected chi connectivity index (χ2v) is 9.80. The number of aliphatic hydroxyl groups is 1. The Bertz CT molecular complexity index is 939. The molecule has 184 valence electrons. The molecule has 1 saturated heterocycles. The van der Waals surface area contributed by atoms with E-state index < -0.39 is 18.0 Å². The quantitative estimate of drug-likeness (QED) is 0.475. The van der Waals surface area contributed by atoms with E-state index in [2.05, 4.69) is 25.7 Å². The fraction of sp³-hybridized carbons (Fsp3) is 0.500. The van der Waals surface area contributed by atoms with E-state index in [1.165, 1.54) is 12.1 Å². The minimum atomic E-state index is -0.707. The Morgan fingerprint density at radius 3 is 2.61 bits per heavy atom. The highest BCUT2D eigenvalue weighted by Gasteiger charge is 2.27. The van der Waals surface area contributed by atoms with E-state index in [1.54, 1.807) is 7.11 Å². The Morgan fingerprint density at radius 2 is 1.94 bits per heavy atom. The molecule has 0 aliphatic carbocycles. The largest absolute Gasteiger partial charge is 0.497 e. The van der Waals surface area contributed by atoms with E-state index in [-0.39, 0.29) is 29.5 Å². The predicted molar refractivity (Wildman–Crippen MR) is 132 cm³/mol. The van der Waals surface area contributed by atoms with Crippen molar-refractivity contribution in [2.45, 2.75) is 38.4 Å². The maximum atomic E-state index is 13.9. The lowest BCUT2D eigenvalue weighted by atomic mass is 9.86. The normalized spacial score (nSPS) is 17.9. The molecule has 1 heterocycles. The molecule has 2 aromatic carbocycles. The predicted octanol–water partition coefficient (Wildman–Crippen LogP) is 5.67. The van der Waals surface area contributed by atoms with Crippen LogP contribution in [-0.4, -0.2) is 56.1 Å². The van der Waals surface area contributed by atoms with Gasteiger partial charge in [0.05, 0.1) is 24.8 Å². The SMILES string of the molecule is COc1ccc(OCC(O)CN2CCOC(c3cc(F)c(Cl)cc3Cl)C2)c(C(C)(C)C)c1.Cl. The van der Waals surface area contributed by atoms with Crippen LogP contribution in [0.2, 0.25) is 10.0 Å². The van der Waals surface area contributed by atoms with Gasteiger partial charge in [0, 0.05) is 35.8 Å². The van der Waals surface area contributed by atoms with Crippen LogP contribution in [0.15, 0.2) is 30.3 Å². The Hall–Kier alpha value is -1.28. The van der Waals surface area contributed by atoms with Gasteiger partial charge < -0.3 is 19.3 Å². The third kappa shape index (κ3) is 7.35. The standard InChI is InChI=1S/C24H30Cl2FNO4.ClH/c1-24(2,3)18-9-16(30-4)5-6-22(18)32-14-15(29)12-28-7-8-31-23(13-28)17-10-21(27)20(26)11-19(17)25;/h5-6,9-11,15,23,29H,7-8,12-14H2,1-4H3;1H. The lowest BCUT2D eigenvalue weighted by Gasteiger charge is -2.34. The summed E-state index contributed by atoms with van der Waals surface area (Å²) in [6, 6.07) is 8.38. The van der Waals surface area contributed by atoms with Crippen LogP contribution in [0.5, 0.6) is 11.5 Å². The molecule has 2 unspecified atom stereocenters. The average Bonchev–Trinajstić information content (AvgIpc) is 2.74. The zero-order chi connectivity index (χ0) is 23.5. The van der Waals surface area contributed by atoms with Gasteiger partial charge in [-0.25, -0.2) is 4.39 Å². The molecule has 0 bridgehead atoms. The maximum Gasteiger partial charge on any atom is 0.142 e. The third-order valence-corrected chi connectivity index (χ3v) is 6.05. The molecular weight excluding hydrogens is 492 g/mol. The molecule has 1 N–H and O–H groups in total. The minimum absolute atomic E-state index is 0. The van der Waals surface area contributed by atoms with Gasteiger partial charge in [-0.1, -0.05) is 44.0 Å². The van der Waals surface area contributed by atoms with Gasteiger partial charge in [0.1, 0.15) is 30.0 Å². The molecular formula is C24H31Cl3FNO4. The van der Waals surface area contributed by atoms with E-state index in [0.717, 1.165) is 17.1 Å². The van der Waals surface area contributed by atoms with Crippen LogP contribution in [0.4, 0.5) is 4.39 Å². The minimum Gasteiger partial charge on any atom is -0.497 e. The summed E-state index contributed by atoms with van der Waals surface area (Å²) in [5, 5.41) is 11.0. The highest BCUT2D eigenvalue weighted by atomic mass is 35.5. The van der Waals surface area contributed by atoms with Crippen molar-refractivity contribution in [1.29, 1.82) is 0 Å². The average molecular weight is 523 g/mol. The zero-order valence-corrected chi connectivity index (χ0v) is 21.6. The van der Waals surface area contributed by atoms with Crippen molar-refractivity contribution in [3.63, 3.8) is 0 Å². The molecule has 0 amide bonds. The van der Waals surface area contributed by atoms with Gasteiger partial charge in [0.25, 0.3) is 0 Å². The molecule has 3 rings (SSSR count). The maximum absolute atomic E-state index is 13.9. The number of β-amino-alcohol motifs (C(OH)–C–C–N with tert-alkyl or cyclic N) is 1. The van der Waals surface area contributed by atoms with Crippen LogP contribution in [-0.2, 0) is 10.2 Å². The number of methoxy groups -OCH3 is 1. The van der Waals surface area contributed by atoms with E-state index in [0.29, 0.717) is 36.8 Å². The smallest absolute Gasteiger partial charge is 0.142 e. The lowest BCUT2D eigenvalue weighted by molar-refractivity contribution is -0.0460. The fourth-order valence-corrected chi connectivity index (χ4v) is 4.23. The molecule has 9 heteroatoms. The Kier molecular flexibility index (Phi) is 10.1. The number of benzene rings is 2. The number of nitrogens with zero attached hydrogens (tertiary/aromatic N) is 1. The number of rotatable bonds is 7. The Morgan fingerprint density at radius 1 is 1.21 bits per heavy atom. The lowest BCUT2D eigenvalue weighted by Crippen LogP contribution is -2.43. The van der Waals surface area contributed by atoms with Crippen molar-refractivity contribution in [2.24, 2.45) is 0 Å². The van der Waals surface area contributed by atoms with E-state index in [4.69, 9.17) is 37.4 Å². The number of hydrogen-bond acceptors (Lipinski definition) is 5. The van der Waals surface area contributed by atoms with Crippen molar-refractivity contribution in [3.05, 3.63) is 57.3 Å². The van der Waals surface area contributed by atoms with Gasteiger partial charge >= 0.3 is 0 Å². The fourth-order valence-electron chi connectivity index (χ4n) is 3.73. The first-order valence-corrected chi connectivity index (χ1v) is 11.3. The van der Waals surface area contributed by atoms with Crippen LogP contribution in [0.1, 0.15) is 38.0 Å². The van der Waals surface area contributed by atoms with Crippen LogP contribution >= 0.6 is 35.6 Å². The summed E-state index contributed by atoms with van der Waals surface area (Å²) in [6.07, 6.45) is -1.11. The number of halogens is 4. The molecule has 5 nitrogen and oxygen atoms in total. The summed E-state index contributed by atoms with van der Waals surface area (Å²) in [5.74, 6) is 0.953.